The number of carbonyl (C=O) groups excluding carboxylic acids is 1. The maximum absolute atomic E-state index is 13.1. The average molecular weight is 649 g/mol. The van der Waals surface area contributed by atoms with Crippen LogP contribution < -0.4 is 0 Å². The van der Waals surface area contributed by atoms with Gasteiger partial charge in [0.05, 0.1) is 43.0 Å². The molecule has 9 nitrogen and oxygen atoms in total. The van der Waals surface area contributed by atoms with Crippen LogP contribution in [0.25, 0.3) is 0 Å². The number of esters is 1. The predicted molar refractivity (Wildman–Crippen MR) is 175 cm³/mol. The van der Waals surface area contributed by atoms with Gasteiger partial charge in [0.2, 0.25) is 0 Å². The topological polar surface area (TPSA) is 135 Å². The van der Waals surface area contributed by atoms with E-state index in [1.54, 1.807) is 6.92 Å². The summed E-state index contributed by atoms with van der Waals surface area (Å²) in [5.41, 5.74) is 0.791. The molecule has 46 heavy (non-hydrogen) atoms. The van der Waals surface area contributed by atoms with E-state index in [4.69, 9.17) is 18.9 Å². The van der Waals surface area contributed by atoms with Crippen molar-refractivity contribution in [2.75, 3.05) is 0 Å². The summed E-state index contributed by atoms with van der Waals surface area (Å²) in [5.74, 6) is -4.02. The zero-order valence-electron chi connectivity index (χ0n) is 29.5. The Morgan fingerprint density at radius 2 is 1.61 bits per heavy atom. The molecule has 3 saturated heterocycles. The molecule has 3 fully saturated rings. The second-order valence-corrected chi connectivity index (χ2v) is 15.6. The highest BCUT2D eigenvalue weighted by Gasteiger charge is 2.56. The van der Waals surface area contributed by atoms with Gasteiger partial charge in [-0.1, -0.05) is 77.0 Å². The van der Waals surface area contributed by atoms with Crippen molar-refractivity contribution in [3.8, 4) is 0 Å². The molecule has 0 aromatic heterocycles. The Balaban J connectivity index is 1.74. The summed E-state index contributed by atoms with van der Waals surface area (Å²) in [6, 6.07) is 0. The Morgan fingerprint density at radius 3 is 2.24 bits per heavy atom. The highest BCUT2D eigenvalue weighted by atomic mass is 16.6. The van der Waals surface area contributed by atoms with Crippen LogP contribution in [0.15, 0.2) is 35.5 Å². The number of carbonyl (C=O) groups is 1. The van der Waals surface area contributed by atoms with E-state index in [2.05, 4.69) is 13.0 Å². The van der Waals surface area contributed by atoms with E-state index in [0.29, 0.717) is 25.7 Å². The molecule has 11 unspecified atom stereocenters. The molecular formula is C37H60O9. The van der Waals surface area contributed by atoms with E-state index in [0.717, 1.165) is 5.57 Å². The van der Waals surface area contributed by atoms with Crippen LogP contribution >= 0.6 is 0 Å². The second-order valence-electron chi connectivity index (χ2n) is 15.6. The monoisotopic (exact) mass is 648 g/mol. The summed E-state index contributed by atoms with van der Waals surface area (Å²) >= 11 is 0. The molecule has 0 aromatic rings. The Kier molecular flexibility index (Phi) is 11.4. The Morgan fingerprint density at radius 1 is 0.913 bits per heavy atom. The maximum atomic E-state index is 13.1. The molecule has 4 aliphatic rings. The third-order valence-electron chi connectivity index (χ3n) is 11.7. The molecule has 9 heteroatoms. The van der Waals surface area contributed by atoms with Crippen molar-refractivity contribution in [2.24, 2.45) is 22.7 Å². The van der Waals surface area contributed by atoms with E-state index < -0.39 is 58.9 Å². The van der Waals surface area contributed by atoms with Crippen LogP contribution in [0.1, 0.15) is 114 Å². The summed E-state index contributed by atoms with van der Waals surface area (Å²) in [7, 11) is 0. The lowest BCUT2D eigenvalue weighted by atomic mass is 9.66. The van der Waals surface area contributed by atoms with E-state index in [1.165, 1.54) is 5.57 Å². The van der Waals surface area contributed by atoms with E-state index in [-0.39, 0.29) is 49.7 Å². The fourth-order valence-corrected chi connectivity index (χ4v) is 7.92. The molecule has 4 N–H and O–H groups in total. The zero-order valence-corrected chi connectivity index (χ0v) is 29.5. The predicted octanol–water partition coefficient (Wildman–Crippen LogP) is 5.49. The highest BCUT2D eigenvalue weighted by Crippen LogP contribution is 2.51. The van der Waals surface area contributed by atoms with Crippen molar-refractivity contribution >= 4 is 5.97 Å². The molecular weight excluding hydrogens is 588 g/mol. The van der Waals surface area contributed by atoms with Crippen LogP contribution in [0, 0.1) is 22.7 Å². The lowest BCUT2D eigenvalue weighted by Crippen LogP contribution is -2.59. The maximum Gasteiger partial charge on any atom is 0.308 e. The second kappa shape index (κ2) is 14.1. The lowest BCUT2D eigenvalue weighted by molar-refractivity contribution is -0.339. The summed E-state index contributed by atoms with van der Waals surface area (Å²) in [4.78, 5) is 13.1. The first-order valence-electron chi connectivity index (χ1n) is 17.3. The first-order valence-corrected chi connectivity index (χ1v) is 17.3. The molecule has 6 bridgehead atoms. The van der Waals surface area contributed by atoms with Crippen LogP contribution in [0.2, 0.25) is 0 Å². The van der Waals surface area contributed by atoms with Crippen LogP contribution in [0.3, 0.4) is 0 Å². The molecule has 4 heterocycles. The van der Waals surface area contributed by atoms with Gasteiger partial charge in [0.15, 0.2) is 11.6 Å². The molecule has 262 valence electrons. The molecule has 4 rings (SSSR count). The van der Waals surface area contributed by atoms with Gasteiger partial charge in [-0.2, -0.15) is 0 Å². The molecule has 0 aromatic carbocycles. The zero-order chi connectivity index (χ0) is 34.2. The SMILES string of the molecule is C/C=C1\CC2/C=C/C(C)(C)C3(O)OC(C/C(=C\C)C3C)CC(C(C)O)OC(=O)CC(O)CC3CC(C)C(C)(C)C(O)(CC(C1)O2)O3. The van der Waals surface area contributed by atoms with Gasteiger partial charge in [-0.25, -0.2) is 0 Å². The smallest absolute Gasteiger partial charge is 0.308 e. The lowest BCUT2D eigenvalue weighted by Gasteiger charge is -2.54. The summed E-state index contributed by atoms with van der Waals surface area (Å²) in [6.45, 7) is 17.5. The van der Waals surface area contributed by atoms with Crippen LogP contribution in [-0.4, -0.2) is 80.7 Å². The molecule has 0 saturated carbocycles. The molecule has 11 atom stereocenters. The van der Waals surface area contributed by atoms with Crippen LogP contribution in [0.5, 0.6) is 0 Å². The Bertz CT molecular complexity index is 1170. The molecule has 0 radical (unpaired) electrons. The van der Waals surface area contributed by atoms with Crippen molar-refractivity contribution in [2.45, 2.75) is 168 Å². The largest absolute Gasteiger partial charge is 0.459 e. The van der Waals surface area contributed by atoms with E-state index in [9.17, 15) is 25.2 Å². The van der Waals surface area contributed by atoms with Gasteiger partial charge in [-0.15, -0.1) is 0 Å². The standard InChI is InChI=1S/C37H60O9/c1-10-25-15-28-12-13-34(6,7)37(42)23(4)26(11-2)17-30(46-37)20-32(24(5)38)44-33(40)19-27(39)18-29-14-22(3)35(8,9)36(41,45-29)21-31(16-25)43-28/h10-13,22-24,27-32,38-39,41-42H,14-21H2,1-9H3/b13-12+,25-10+,26-11+. The van der Waals surface area contributed by atoms with Gasteiger partial charge >= 0.3 is 5.97 Å². The van der Waals surface area contributed by atoms with Gasteiger partial charge in [0, 0.05) is 36.0 Å². The van der Waals surface area contributed by atoms with Gasteiger partial charge in [0.1, 0.15) is 6.10 Å². The number of fused-ring (bicyclic) bond motifs is 6. The Hall–Kier alpha value is -1.59. The van der Waals surface area contributed by atoms with Gasteiger partial charge < -0.3 is 39.4 Å². The third-order valence-corrected chi connectivity index (χ3v) is 11.7. The minimum absolute atomic E-state index is 0.0679. The first-order chi connectivity index (χ1) is 21.3. The molecule has 0 amide bonds. The third kappa shape index (κ3) is 7.66. The van der Waals surface area contributed by atoms with Gasteiger partial charge in [-0.3, -0.25) is 4.79 Å². The number of hydrogen-bond acceptors (Lipinski definition) is 9. The van der Waals surface area contributed by atoms with Gasteiger partial charge in [-0.05, 0) is 52.4 Å². The first kappa shape index (κ1) is 37.2. The minimum Gasteiger partial charge on any atom is -0.459 e. The quantitative estimate of drug-likeness (QED) is 0.215. The number of aliphatic hydroxyl groups is 4. The van der Waals surface area contributed by atoms with Crippen LogP contribution in [0.4, 0.5) is 0 Å². The minimum atomic E-state index is -1.60. The normalized spacial score (nSPS) is 45.5. The average Bonchev–Trinajstić information content (AvgIpc) is 2.95. The number of hydrogen-bond donors (Lipinski definition) is 4. The Labute approximate surface area is 276 Å². The molecule has 4 aliphatic heterocycles. The summed E-state index contributed by atoms with van der Waals surface area (Å²) < 4.78 is 25.3. The van der Waals surface area contributed by atoms with E-state index >= 15 is 0 Å². The van der Waals surface area contributed by atoms with Crippen molar-refractivity contribution < 1.29 is 44.2 Å². The fraction of sp³-hybridized carbons (Fsp3) is 0.811. The van der Waals surface area contributed by atoms with Crippen LogP contribution in [-0.2, 0) is 23.7 Å². The number of rotatable bonds is 1. The highest BCUT2D eigenvalue weighted by molar-refractivity contribution is 5.70. The molecule has 0 aliphatic carbocycles. The number of aliphatic hydroxyl groups excluding tert-OH is 2. The van der Waals surface area contributed by atoms with E-state index in [1.807, 2.05) is 66.7 Å². The fourth-order valence-electron chi connectivity index (χ4n) is 7.92. The van der Waals surface area contributed by atoms with Crippen molar-refractivity contribution in [1.29, 1.82) is 0 Å². The number of allylic oxidation sites excluding steroid dienone is 2. The summed E-state index contributed by atoms with van der Waals surface area (Å²) in [5, 5.41) is 46.1. The summed E-state index contributed by atoms with van der Waals surface area (Å²) in [6.07, 6.45) is 6.37. The number of ether oxygens (including phenoxy) is 4. The van der Waals surface area contributed by atoms with Crippen molar-refractivity contribution in [3.05, 3.63) is 35.5 Å². The number of cyclic esters (lactones) is 1. The van der Waals surface area contributed by atoms with Crippen molar-refractivity contribution in [1.82, 2.24) is 0 Å². The molecule has 0 spiro atoms. The van der Waals surface area contributed by atoms with Crippen molar-refractivity contribution in [3.63, 3.8) is 0 Å². The van der Waals surface area contributed by atoms with Gasteiger partial charge in [0.25, 0.3) is 0 Å².